The molecule has 134 valence electrons. The highest BCUT2D eigenvalue weighted by molar-refractivity contribution is 5.94. The van der Waals surface area contributed by atoms with Gasteiger partial charge < -0.3 is 5.32 Å². The molecular weight excluding hydrogens is 320 g/mol. The first-order valence-electron chi connectivity index (χ1n) is 9.01. The van der Waals surface area contributed by atoms with Gasteiger partial charge in [-0.2, -0.15) is 0 Å². The number of nitrogens with one attached hydrogen (secondary N) is 1. The molecule has 3 aromatic rings. The maximum atomic E-state index is 12.8. The van der Waals surface area contributed by atoms with E-state index in [1.165, 1.54) is 0 Å². The predicted molar refractivity (Wildman–Crippen MR) is 109 cm³/mol. The molecule has 3 nitrogen and oxygen atoms in total. The van der Waals surface area contributed by atoms with Crippen molar-refractivity contribution in [2.24, 2.45) is 0 Å². The number of aryl methyl sites for hydroxylation is 2. The number of hydrogen-bond donors (Lipinski definition) is 1. The van der Waals surface area contributed by atoms with Crippen LogP contribution in [0.25, 0.3) is 10.9 Å². The zero-order valence-corrected chi connectivity index (χ0v) is 16.2. The molecule has 0 unspecified atom stereocenters. The van der Waals surface area contributed by atoms with Crippen molar-refractivity contribution in [3.8, 4) is 0 Å². The number of fused-ring (bicyclic) bond motifs is 1. The van der Waals surface area contributed by atoms with Gasteiger partial charge in [-0.25, -0.2) is 0 Å². The van der Waals surface area contributed by atoms with E-state index in [9.17, 15) is 4.79 Å². The second-order valence-electron chi connectivity index (χ2n) is 7.84. The molecule has 0 aliphatic heterocycles. The van der Waals surface area contributed by atoms with Crippen molar-refractivity contribution in [3.63, 3.8) is 0 Å². The molecule has 3 rings (SSSR count). The molecule has 0 atom stereocenters. The summed E-state index contributed by atoms with van der Waals surface area (Å²) in [5, 5.41) is 4.21. The Morgan fingerprint density at radius 1 is 1.00 bits per heavy atom. The highest BCUT2D eigenvalue weighted by atomic mass is 16.1. The van der Waals surface area contributed by atoms with Gasteiger partial charge in [-0.1, -0.05) is 57.2 Å². The molecule has 0 bridgehead atoms. The fourth-order valence-corrected chi connectivity index (χ4v) is 3.43. The predicted octanol–water partition coefficient (Wildman–Crippen LogP) is 5.33. The molecule has 1 aromatic heterocycles. The Kier molecular flexibility index (Phi) is 4.82. The van der Waals surface area contributed by atoms with Crippen molar-refractivity contribution in [3.05, 3.63) is 70.9 Å². The van der Waals surface area contributed by atoms with E-state index in [2.05, 4.69) is 50.1 Å². The van der Waals surface area contributed by atoms with E-state index >= 15 is 0 Å². The van der Waals surface area contributed by atoms with E-state index in [0.717, 1.165) is 39.0 Å². The van der Waals surface area contributed by atoms with Gasteiger partial charge in [0.1, 0.15) is 0 Å². The number of hydrogen-bond acceptors (Lipinski definition) is 2. The minimum absolute atomic E-state index is 0.00928. The lowest BCUT2D eigenvalue weighted by Gasteiger charge is -2.23. The van der Waals surface area contributed by atoms with Crippen LogP contribution in [0.5, 0.6) is 0 Å². The molecule has 0 saturated heterocycles. The summed E-state index contributed by atoms with van der Waals surface area (Å²) >= 11 is 0. The Morgan fingerprint density at radius 3 is 2.38 bits per heavy atom. The normalized spacial score (nSPS) is 11.6. The van der Waals surface area contributed by atoms with E-state index in [4.69, 9.17) is 0 Å². The van der Waals surface area contributed by atoms with Crippen LogP contribution in [0.4, 0.5) is 5.69 Å². The molecular formula is C23H26N2O. The molecule has 1 heterocycles. The summed E-state index contributed by atoms with van der Waals surface area (Å²) < 4.78 is 0. The molecule has 0 spiro atoms. The van der Waals surface area contributed by atoms with E-state index in [0.29, 0.717) is 6.42 Å². The highest BCUT2D eigenvalue weighted by Gasteiger charge is 2.19. The number of nitrogens with zero attached hydrogens (tertiary/aromatic N) is 1. The van der Waals surface area contributed by atoms with Gasteiger partial charge in [-0.15, -0.1) is 0 Å². The number of carbonyl (C=O) groups excluding carboxylic acids is 1. The summed E-state index contributed by atoms with van der Waals surface area (Å²) in [7, 11) is 0. The van der Waals surface area contributed by atoms with Crippen molar-refractivity contribution in [1.29, 1.82) is 0 Å². The summed E-state index contributed by atoms with van der Waals surface area (Å²) in [5.41, 5.74) is 6.03. The molecule has 0 fully saturated rings. The molecule has 3 heteroatoms. The summed E-state index contributed by atoms with van der Waals surface area (Å²) in [6, 6.07) is 16.1. The third-order valence-corrected chi connectivity index (χ3v) is 4.83. The number of carbonyl (C=O) groups is 1. The third kappa shape index (κ3) is 3.62. The fourth-order valence-electron chi connectivity index (χ4n) is 3.43. The van der Waals surface area contributed by atoms with Crippen LogP contribution in [-0.2, 0) is 16.6 Å². The Hall–Kier alpha value is -2.68. The number of aromatic nitrogens is 1. The quantitative estimate of drug-likeness (QED) is 0.696. The molecule has 2 aromatic carbocycles. The first-order valence-corrected chi connectivity index (χ1v) is 9.01. The smallest absolute Gasteiger partial charge is 0.228 e. The first-order chi connectivity index (χ1) is 12.3. The Morgan fingerprint density at radius 2 is 1.65 bits per heavy atom. The SMILES string of the molecule is Cc1nc2ccccc2c(C)c1CC(=O)Nc1ccccc1C(C)(C)C. The fraction of sp³-hybridized carbons (Fsp3) is 0.304. The number of rotatable bonds is 3. The van der Waals surface area contributed by atoms with Gasteiger partial charge in [-0.3, -0.25) is 9.78 Å². The zero-order valence-electron chi connectivity index (χ0n) is 16.2. The second kappa shape index (κ2) is 6.91. The molecule has 0 aliphatic carbocycles. The number of pyridine rings is 1. The van der Waals surface area contributed by atoms with Gasteiger partial charge in [-0.05, 0) is 48.1 Å². The Bertz CT molecular complexity index is 968. The van der Waals surface area contributed by atoms with Crippen LogP contribution >= 0.6 is 0 Å². The van der Waals surface area contributed by atoms with Crippen molar-refractivity contribution in [2.45, 2.75) is 46.5 Å². The average Bonchev–Trinajstić information content (AvgIpc) is 2.58. The van der Waals surface area contributed by atoms with Gasteiger partial charge in [0.25, 0.3) is 0 Å². The van der Waals surface area contributed by atoms with Crippen LogP contribution in [0, 0.1) is 13.8 Å². The van der Waals surface area contributed by atoms with Crippen molar-refractivity contribution < 1.29 is 4.79 Å². The third-order valence-electron chi connectivity index (χ3n) is 4.83. The summed E-state index contributed by atoms with van der Waals surface area (Å²) in [4.78, 5) is 17.4. The topological polar surface area (TPSA) is 42.0 Å². The second-order valence-corrected chi connectivity index (χ2v) is 7.84. The van der Waals surface area contributed by atoms with Gasteiger partial charge >= 0.3 is 0 Å². The lowest BCUT2D eigenvalue weighted by Crippen LogP contribution is -2.20. The molecule has 1 amide bonds. The summed E-state index contributed by atoms with van der Waals surface area (Å²) in [5.74, 6) is -0.00928. The van der Waals surface area contributed by atoms with E-state index in [-0.39, 0.29) is 11.3 Å². The average molecular weight is 346 g/mol. The molecule has 0 radical (unpaired) electrons. The molecule has 0 aliphatic rings. The van der Waals surface area contributed by atoms with E-state index in [1.54, 1.807) is 0 Å². The van der Waals surface area contributed by atoms with Crippen LogP contribution in [-0.4, -0.2) is 10.9 Å². The standard InChI is InChI=1S/C23H26N2O/c1-15-17-10-6-8-12-20(17)24-16(2)18(15)14-22(26)25-21-13-9-7-11-19(21)23(3,4)5/h6-13H,14H2,1-5H3,(H,25,26). The lowest BCUT2D eigenvalue weighted by atomic mass is 9.86. The van der Waals surface area contributed by atoms with Crippen molar-refractivity contribution >= 4 is 22.5 Å². The largest absolute Gasteiger partial charge is 0.326 e. The Labute approximate surface area is 155 Å². The molecule has 1 N–H and O–H groups in total. The maximum Gasteiger partial charge on any atom is 0.228 e. The summed E-state index contributed by atoms with van der Waals surface area (Å²) in [6.07, 6.45) is 0.327. The minimum Gasteiger partial charge on any atom is -0.326 e. The monoisotopic (exact) mass is 346 g/mol. The maximum absolute atomic E-state index is 12.8. The van der Waals surface area contributed by atoms with Gasteiger partial charge in [0.15, 0.2) is 0 Å². The summed E-state index contributed by atoms with van der Waals surface area (Å²) in [6.45, 7) is 10.5. The van der Waals surface area contributed by atoms with E-state index < -0.39 is 0 Å². The molecule has 26 heavy (non-hydrogen) atoms. The minimum atomic E-state index is -0.0276. The van der Waals surface area contributed by atoms with Crippen LogP contribution in [0.15, 0.2) is 48.5 Å². The lowest BCUT2D eigenvalue weighted by molar-refractivity contribution is -0.115. The van der Waals surface area contributed by atoms with Gasteiger partial charge in [0.05, 0.1) is 11.9 Å². The number of para-hydroxylation sites is 2. The van der Waals surface area contributed by atoms with E-state index in [1.807, 2.05) is 43.3 Å². The molecule has 0 saturated carbocycles. The highest BCUT2D eigenvalue weighted by Crippen LogP contribution is 2.29. The van der Waals surface area contributed by atoms with Crippen LogP contribution < -0.4 is 5.32 Å². The van der Waals surface area contributed by atoms with Crippen LogP contribution in [0.2, 0.25) is 0 Å². The van der Waals surface area contributed by atoms with Gasteiger partial charge in [0.2, 0.25) is 5.91 Å². The van der Waals surface area contributed by atoms with Crippen molar-refractivity contribution in [2.75, 3.05) is 5.32 Å². The Balaban J connectivity index is 1.89. The zero-order chi connectivity index (χ0) is 18.9. The van der Waals surface area contributed by atoms with Crippen LogP contribution in [0.1, 0.15) is 43.2 Å². The first kappa shape index (κ1) is 18.1. The number of benzene rings is 2. The van der Waals surface area contributed by atoms with Crippen LogP contribution in [0.3, 0.4) is 0 Å². The van der Waals surface area contributed by atoms with Gasteiger partial charge in [0, 0.05) is 16.8 Å². The number of anilines is 1. The number of amides is 1. The van der Waals surface area contributed by atoms with Crippen molar-refractivity contribution in [1.82, 2.24) is 4.98 Å².